The van der Waals surface area contributed by atoms with Gasteiger partial charge in [-0.15, -0.1) is 0 Å². The molecule has 1 aliphatic heterocycles. The summed E-state index contributed by atoms with van der Waals surface area (Å²) in [6.45, 7) is 2.09. The van der Waals surface area contributed by atoms with Crippen molar-refractivity contribution in [3.63, 3.8) is 0 Å². The van der Waals surface area contributed by atoms with E-state index in [1.54, 1.807) is 13.2 Å². The third-order valence-corrected chi connectivity index (χ3v) is 5.28. The number of nitrogens with one attached hydrogen (secondary N) is 1. The maximum atomic E-state index is 12.6. The smallest absolute Gasteiger partial charge is 0.295 e. The molecule has 1 fully saturated rings. The molecule has 2 aromatic carbocycles. The number of hydrogen-bond acceptors (Lipinski definition) is 5. The van der Waals surface area contributed by atoms with Gasteiger partial charge in [0.1, 0.15) is 5.75 Å². The number of anilines is 1. The van der Waals surface area contributed by atoms with Gasteiger partial charge in [-0.1, -0.05) is 28.1 Å². The van der Waals surface area contributed by atoms with Crippen LogP contribution >= 0.6 is 27.7 Å². The van der Waals surface area contributed by atoms with E-state index in [4.69, 9.17) is 4.74 Å². The molecule has 3 rings (SSSR count). The fourth-order valence-corrected chi connectivity index (χ4v) is 3.82. The van der Waals surface area contributed by atoms with E-state index in [-0.39, 0.29) is 17.8 Å². The summed E-state index contributed by atoms with van der Waals surface area (Å²) in [7, 11) is 1.59. The maximum absolute atomic E-state index is 12.6. The number of benzene rings is 2. The molecule has 1 heterocycles. The van der Waals surface area contributed by atoms with Crippen molar-refractivity contribution in [2.24, 2.45) is 0 Å². The van der Waals surface area contributed by atoms with Crippen LogP contribution in [0.3, 0.4) is 0 Å². The van der Waals surface area contributed by atoms with E-state index in [2.05, 4.69) is 21.2 Å². The Hall–Kier alpha value is -2.25. The largest absolute Gasteiger partial charge is 0.497 e. The minimum atomic E-state index is -0.301. The number of amides is 2. The SMILES string of the molecule is COc1cccc(C=C2SC(=O)N(CNc3ccc(Br)cc3C)C2=O)c1. The third kappa shape index (κ3) is 4.11. The summed E-state index contributed by atoms with van der Waals surface area (Å²) < 4.78 is 6.16. The molecule has 0 saturated carbocycles. The minimum absolute atomic E-state index is 0.128. The number of nitrogens with zero attached hydrogens (tertiary/aromatic N) is 1. The Labute approximate surface area is 164 Å². The van der Waals surface area contributed by atoms with Gasteiger partial charge < -0.3 is 10.1 Å². The van der Waals surface area contributed by atoms with Gasteiger partial charge in [-0.2, -0.15) is 0 Å². The molecule has 7 heteroatoms. The molecule has 0 bridgehead atoms. The molecule has 2 amide bonds. The number of rotatable bonds is 5. The van der Waals surface area contributed by atoms with Gasteiger partial charge in [0.05, 0.1) is 18.7 Å². The molecule has 0 spiro atoms. The molecule has 0 aliphatic carbocycles. The third-order valence-electron chi connectivity index (χ3n) is 3.88. The standard InChI is InChI=1S/C19H17BrN2O3S/c1-12-8-14(20)6-7-16(12)21-11-22-18(23)17(26-19(22)24)10-13-4-3-5-15(9-13)25-2/h3-10,21H,11H2,1-2H3. The highest BCUT2D eigenvalue weighted by Gasteiger charge is 2.34. The zero-order chi connectivity index (χ0) is 18.7. The molecule has 1 aliphatic rings. The summed E-state index contributed by atoms with van der Waals surface area (Å²) >= 11 is 4.36. The number of hydrogen-bond donors (Lipinski definition) is 1. The van der Waals surface area contributed by atoms with Crippen molar-refractivity contribution in [2.75, 3.05) is 19.1 Å². The average molecular weight is 433 g/mol. The number of carbonyl (C=O) groups excluding carboxylic acids is 2. The molecule has 0 unspecified atom stereocenters. The first-order chi connectivity index (χ1) is 12.5. The van der Waals surface area contributed by atoms with Crippen LogP contribution in [0.5, 0.6) is 5.75 Å². The second-order valence-corrected chi connectivity index (χ2v) is 7.59. The summed E-state index contributed by atoms with van der Waals surface area (Å²) in [5.74, 6) is 0.399. The topological polar surface area (TPSA) is 58.6 Å². The van der Waals surface area contributed by atoms with Gasteiger partial charge in [0.25, 0.3) is 11.1 Å². The Balaban J connectivity index is 1.73. The predicted molar refractivity (Wildman–Crippen MR) is 108 cm³/mol. The number of imide groups is 1. The van der Waals surface area contributed by atoms with Crippen LogP contribution in [-0.2, 0) is 4.79 Å². The zero-order valence-corrected chi connectivity index (χ0v) is 16.7. The number of methoxy groups -OCH3 is 1. The van der Waals surface area contributed by atoms with E-state index >= 15 is 0 Å². The van der Waals surface area contributed by atoms with E-state index in [0.29, 0.717) is 10.7 Å². The maximum Gasteiger partial charge on any atom is 0.295 e. The Morgan fingerprint density at radius 1 is 1.23 bits per heavy atom. The number of aryl methyl sites for hydroxylation is 1. The molecule has 5 nitrogen and oxygen atoms in total. The Morgan fingerprint density at radius 3 is 2.77 bits per heavy atom. The molecular weight excluding hydrogens is 416 g/mol. The van der Waals surface area contributed by atoms with Crippen molar-refractivity contribution < 1.29 is 14.3 Å². The highest BCUT2D eigenvalue weighted by Crippen LogP contribution is 2.32. The van der Waals surface area contributed by atoms with Gasteiger partial charge in [0.2, 0.25) is 0 Å². The van der Waals surface area contributed by atoms with Gasteiger partial charge in [0.15, 0.2) is 0 Å². The summed E-state index contributed by atoms with van der Waals surface area (Å²) in [6.07, 6.45) is 1.71. The van der Waals surface area contributed by atoms with Crippen LogP contribution in [0.2, 0.25) is 0 Å². The van der Waals surface area contributed by atoms with Gasteiger partial charge in [-0.05, 0) is 66.2 Å². The first-order valence-electron chi connectivity index (χ1n) is 7.87. The van der Waals surface area contributed by atoms with Crippen molar-refractivity contribution >= 4 is 50.6 Å². The lowest BCUT2D eigenvalue weighted by atomic mass is 10.2. The lowest BCUT2D eigenvalue weighted by Crippen LogP contribution is -2.33. The summed E-state index contributed by atoms with van der Waals surface area (Å²) in [4.78, 5) is 26.4. The summed E-state index contributed by atoms with van der Waals surface area (Å²) in [5, 5.41) is 2.86. The monoisotopic (exact) mass is 432 g/mol. The second-order valence-electron chi connectivity index (χ2n) is 5.68. The lowest BCUT2D eigenvalue weighted by molar-refractivity contribution is -0.122. The molecule has 26 heavy (non-hydrogen) atoms. The van der Waals surface area contributed by atoms with Crippen LogP contribution in [0.15, 0.2) is 51.8 Å². The summed E-state index contributed by atoms with van der Waals surface area (Å²) in [6, 6.07) is 13.1. The van der Waals surface area contributed by atoms with Crippen LogP contribution < -0.4 is 10.1 Å². The van der Waals surface area contributed by atoms with Crippen molar-refractivity contribution in [2.45, 2.75) is 6.92 Å². The molecule has 0 aromatic heterocycles. The van der Waals surface area contributed by atoms with Crippen molar-refractivity contribution in [3.8, 4) is 5.75 Å². The van der Waals surface area contributed by atoms with Gasteiger partial charge in [0, 0.05) is 10.2 Å². The minimum Gasteiger partial charge on any atom is -0.497 e. The van der Waals surface area contributed by atoms with Crippen molar-refractivity contribution in [1.29, 1.82) is 0 Å². The number of carbonyl (C=O) groups is 2. The second kappa shape index (κ2) is 7.97. The van der Waals surface area contributed by atoms with E-state index < -0.39 is 0 Å². The van der Waals surface area contributed by atoms with Crippen molar-refractivity contribution in [3.05, 3.63) is 63.0 Å². The molecule has 0 radical (unpaired) electrons. The zero-order valence-electron chi connectivity index (χ0n) is 14.3. The van der Waals surface area contributed by atoms with Gasteiger partial charge in [-0.25, -0.2) is 0 Å². The van der Waals surface area contributed by atoms with E-state index in [9.17, 15) is 9.59 Å². The first-order valence-corrected chi connectivity index (χ1v) is 9.48. The number of thioether (sulfide) groups is 1. The van der Waals surface area contributed by atoms with Gasteiger partial charge >= 0.3 is 0 Å². The summed E-state index contributed by atoms with van der Waals surface area (Å²) in [5.41, 5.74) is 2.72. The fraction of sp³-hybridized carbons (Fsp3) is 0.158. The first kappa shape index (κ1) is 18.5. The van der Waals surface area contributed by atoms with E-state index in [1.165, 1.54) is 4.90 Å². The Morgan fingerprint density at radius 2 is 2.04 bits per heavy atom. The van der Waals surface area contributed by atoms with E-state index in [0.717, 1.165) is 33.0 Å². The molecule has 1 N–H and O–H groups in total. The van der Waals surface area contributed by atoms with Crippen LogP contribution in [0, 0.1) is 6.92 Å². The van der Waals surface area contributed by atoms with Crippen LogP contribution in [0.25, 0.3) is 6.08 Å². The molecule has 2 aromatic rings. The van der Waals surface area contributed by atoms with Gasteiger partial charge in [-0.3, -0.25) is 14.5 Å². The van der Waals surface area contributed by atoms with E-state index in [1.807, 2.05) is 49.4 Å². The molecule has 0 atom stereocenters. The average Bonchev–Trinajstić information content (AvgIpc) is 2.88. The number of ether oxygens (including phenoxy) is 1. The van der Waals surface area contributed by atoms with Crippen molar-refractivity contribution in [1.82, 2.24) is 4.90 Å². The highest BCUT2D eigenvalue weighted by molar-refractivity contribution is 9.10. The Bertz CT molecular complexity index is 898. The predicted octanol–water partition coefficient (Wildman–Crippen LogP) is 4.87. The quantitative estimate of drug-likeness (QED) is 0.682. The highest BCUT2D eigenvalue weighted by atomic mass is 79.9. The van der Waals surface area contributed by atoms with Crippen LogP contribution in [0.4, 0.5) is 10.5 Å². The number of halogens is 1. The molecule has 134 valence electrons. The molecular formula is C19H17BrN2O3S. The Kier molecular flexibility index (Phi) is 5.68. The molecule has 1 saturated heterocycles. The normalized spacial score (nSPS) is 15.7. The van der Waals surface area contributed by atoms with Crippen LogP contribution in [-0.4, -0.2) is 29.8 Å². The van der Waals surface area contributed by atoms with Crippen LogP contribution in [0.1, 0.15) is 11.1 Å². The fourth-order valence-electron chi connectivity index (χ4n) is 2.51. The lowest BCUT2D eigenvalue weighted by Gasteiger charge is -2.16.